The highest BCUT2D eigenvalue weighted by Gasteiger charge is 2.30. The number of hydrogen-bond acceptors (Lipinski definition) is 3. The van der Waals surface area contributed by atoms with Crippen LogP contribution in [0, 0.1) is 0 Å². The summed E-state index contributed by atoms with van der Waals surface area (Å²) < 4.78 is 4.86. The topological polar surface area (TPSA) is 43.4 Å². The van der Waals surface area contributed by atoms with Crippen molar-refractivity contribution in [3.8, 4) is 0 Å². The molecular weight excluding hydrogens is 144 g/mol. The molecule has 0 atom stereocenters. The van der Waals surface area contributed by atoms with E-state index in [2.05, 4.69) is 0 Å². The van der Waals surface area contributed by atoms with Crippen LogP contribution in [-0.4, -0.2) is 11.8 Å². The molecule has 0 N–H and O–H groups in total. The molecule has 0 fully saturated rings. The highest BCUT2D eigenvalue weighted by Crippen LogP contribution is 2.30. The average molecular weight is 152 g/mol. The van der Waals surface area contributed by atoms with Crippen molar-refractivity contribution in [2.24, 2.45) is 0 Å². The van der Waals surface area contributed by atoms with Crippen LogP contribution in [-0.2, 0) is 14.3 Å². The molecule has 3 nitrogen and oxygen atoms in total. The van der Waals surface area contributed by atoms with E-state index in [1.165, 1.54) is 0 Å². The van der Waals surface area contributed by atoms with Crippen molar-refractivity contribution in [1.82, 2.24) is 0 Å². The minimum absolute atomic E-state index is 0.0945. The van der Waals surface area contributed by atoms with E-state index < -0.39 is 0 Å². The van der Waals surface area contributed by atoms with E-state index in [-0.39, 0.29) is 18.2 Å². The molecule has 2 aliphatic rings. The molecule has 58 valence electrons. The van der Waals surface area contributed by atoms with Crippen LogP contribution in [0.15, 0.2) is 11.3 Å². The lowest BCUT2D eigenvalue weighted by atomic mass is 9.96. The van der Waals surface area contributed by atoms with Crippen molar-refractivity contribution in [2.75, 3.05) is 0 Å². The van der Waals surface area contributed by atoms with Crippen molar-refractivity contribution in [3.63, 3.8) is 0 Å². The van der Waals surface area contributed by atoms with Gasteiger partial charge in [0.15, 0.2) is 5.78 Å². The van der Waals surface area contributed by atoms with Crippen LogP contribution in [0.2, 0.25) is 0 Å². The summed E-state index contributed by atoms with van der Waals surface area (Å²) in [6, 6.07) is 0. The second kappa shape index (κ2) is 2.19. The zero-order chi connectivity index (χ0) is 7.84. The van der Waals surface area contributed by atoms with Gasteiger partial charge in [0.2, 0.25) is 0 Å². The second-order valence-electron chi connectivity index (χ2n) is 2.83. The summed E-state index contributed by atoms with van der Waals surface area (Å²) >= 11 is 0. The molecule has 0 radical (unpaired) electrons. The average Bonchev–Trinajstić information content (AvgIpc) is 2.31. The van der Waals surface area contributed by atoms with Gasteiger partial charge in [0.05, 0.1) is 6.42 Å². The first-order valence-corrected chi connectivity index (χ1v) is 3.73. The SMILES string of the molecule is O=C1CC2=C(CCCC2=O)O1. The number of ether oxygens (including phenoxy) is 1. The molecule has 0 saturated carbocycles. The molecule has 1 aliphatic carbocycles. The fourth-order valence-corrected chi connectivity index (χ4v) is 1.49. The third-order valence-corrected chi connectivity index (χ3v) is 2.04. The Morgan fingerprint density at radius 1 is 1.18 bits per heavy atom. The smallest absolute Gasteiger partial charge is 0.315 e. The largest absolute Gasteiger partial charge is 0.430 e. The molecule has 0 unspecified atom stereocenters. The number of ketones is 1. The minimum atomic E-state index is -0.273. The van der Waals surface area contributed by atoms with Gasteiger partial charge in [-0.15, -0.1) is 0 Å². The summed E-state index contributed by atoms with van der Waals surface area (Å²) in [6.07, 6.45) is 2.36. The van der Waals surface area contributed by atoms with E-state index in [9.17, 15) is 9.59 Å². The lowest BCUT2D eigenvalue weighted by Crippen LogP contribution is -2.07. The Hall–Kier alpha value is -1.12. The summed E-state index contributed by atoms with van der Waals surface area (Å²) in [6.45, 7) is 0. The summed E-state index contributed by atoms with van der Waals surface area (Å²) in [5, 5.41) is 0. The molecule has 1 heterocycles. The van der Waals surface area contributed by atoms with Crippen molar-refractivity contribution in [2.45, 2.75) is 25.7 Å². The molecular formula is C8H8O3. The normalized spacial score (nSPS) is 23.6. The maximum atomic E-state index is 11.1. The zero-order valence-corrected chi connectivity index (χ0v) is 6.05. The molecule has 0 aromatic carbocycles. The first kappa shape index (κ1) is 6.58. The first-order valence-electron chi connectivity index (χ1n) is 3.73. The molecule has 0 bridgehead atoms. The third kappa shape index (κ3) is 0.964. The van der Waals surface area contributed by atoms with Crippen molar-refractivity contribution in [3.05, 3.63) is 11.3 Å². The van der Waals surface area contributed by atoms with Gasteiger partial charge in [-0.25, -0.2) is 0 Å². The van der Waals surface area contributed by atoms with Gasteiger partial charge in [-0.1, -0.05) is 0 Å². The number of carbonyl (C=O) groups excluding carboxylic acids is 2. The number of Topliss-reactive ketones (excluding diaryl/α,β-unsaturated/α-hetero) is 1. The maximum absolute atomic E-state index is 11.1. The summed E-state index contributed by atoms with van der Waals surface area (Å²) in [4.78, 5) is 21.9. The van der Waals surface area contributed by atoms with E-state index in [0.29, 0.717) is 17.8 Å². The number of rotatable bonds is 0. The van der Waals surface area contributed by atoms with Crippen LogP contribution >= 0.6 is 0 Å². The minimum Gasteiger partial charge on any atom is -0.430 e. The molecule has 3 heteroatoms. The zero-order valence-electron chi connectivity index (χ0n) is 6.05. The quantitative estimate of drug-likeness (QED) is 0.485. The van der Waals surface area contributed by atoms with E-state index in [1.807, 2.05) is 0 Å². The van der Waals surface area contributed by atoms with Crippen molar-refractivity contribution >= 4 is 11.8 Å². The van der Waals surface area contributed by atoms with Gasteiger partial charge in [0.1, 0.15) is 5.76 Å². The van der Waals surface area contributed by atoms with E-state index in [0.717, 1.165) is 12.8 Å². The molecule has 11 heavy (non-hydrogen) atoms. The second-order valence-corrected chi connectivity index (χ2v) is 2.83. The van der Waals surface area contributed by atoms with Gasteiger partial charge < -0.3 is 4.74 Å². The number of carbonyl (C=O) groups is 2. The molecule has 0 saturated heterocycles. The number of hydrogen-bond donors (Lipinski definition) is 0. The van der Waals surface area contributed by atoms with E-state index >= 15 is 0 Å². The van der Waals surface area contributed by atoms with Crippen molar-refractivity contribution < 1.29 is 14.3 Å². The van der Waals surface area contributed by atoms with Gasteiger partial charge in [-0.3, -0.25) is 9.59 Å². The van der Waals surface area contributed by atoms with Crippen molar-refractivity contribution in [1.29, 1.82) is 0 Å². The molecule has 0 amide bonds. The van der Waals surface area contributed by atoms with E-state index in [1.54, 1.807) is 0 Å². The highest BCUT2D eigenvalue weighted by molar-refractivity contribution is 6.02. The van der Waals surface area contributed by atoms with Gasteiger partial charge in [0.25, 0.3) is 0 Å². The molecule has 0 aromatic heterocycles. The van der Waals surface area contributed by atoms with Gasteiger partial charge in [0, 0.05) is 18.4 Å². The fraction of sp³-hybridized carbons (Fsp3) is 0.500. The highest BCUT2D eigenvalue weighted by atomic mass is 16.5. The maximum Gasteiger partial charge on any atom is 0.315 e. The Kier molecular flexibility index (Phi) is 1.31. The van der Waals surface area contributed by atoms with Crippen LogP contribution in [0.4, 0.5) is 0 Å². The Balaban J connectivity index is 2.32. The molecule has 2 rings (SSSR count). The monoisotopic (exact) mass is 152 g/mol. The molecule has 0 aromatic rings. The fourth-order valence-electron chi connectivity index (χ4n) is 1.49. The van der Waals surface area contributed by atoms with Crippen LogP contribution in [0.3, 0.4) is 0 Å². The Bertz CT molecular complexity index is 263. The lowest BCUT2D eigenvalue weighted by molar-refractivity contribution is -0.136. The summed E-state index contributed by atoms with van der Waals surface area (Å²) in [5.74, 6) is 0.452. The Labute approximate surface area is 64.0 Å². The van der Waals surface area contributed by atoms with Crippen LogP contribution in [0.5, 0.6) is 0 Å². The Morgan fingerprint density at radius 2 is 2.00 bits per heavy atom. The third-order valence-electron chi connectivity index (χ3n) is 2.04. The first-order chi connectivity index (χ1) is 5.27. The predicted octanol–water partition coefficient (Wildman–Crippen LogP) is 0.940. The summed E-state index contributed by atoms with van der Waals surface area (Å²) in [7, 11) is 0. The standard InChI is InChI=1S/C8H8O3/c9-6-2-1-3-7-5(6)4-8(10)11-7/h1-4H2. The predicted molar refractivity (Wildman–Crippen MR) is 36.6 cm³/mol. The molecule has 0 spiro atoms. The van der Waals surface area contributed by atoms with Gasteiger partial charge in [-0.2, -0.15) is 0 Å². The number of allylic oxidation sites excluding steroid dienone is 1. The van der Waals surface area contributed by atoms with E-state index in [4.69, 9.17) is 4.74 Å². The molecule has 1 aliphatic heterocycles. The number of esters is 1. The van der Waals surface area contributed by atoms with Crippen LogP contribution in [0.1, 0.15) is 25.7 Å². The van der Waals surface area contributed by atoms with Crippen LogP contribution < -0.4 is 0 Å². The lowest BCUT2D eigenvalue weighted by Gasteiger charge is -2.09. The summed E-state index contributed by atoms with van der Waals surface area (Å²) in [5.41, 5.74) is 0.626. The van der Waals surface area contributed by atoms with Gasteiger partial charge >= 0.3 is 5.97 Å². The Morgan fingerprint density at radius 3 is 2.73 bits per heavy atom. The van der Waals surface area contributed by atoms with Crippen LogP contribution in [0.25, 0.3) is 0 Å². The van der Waals surface area contributed by atoms with Gasteiger partial charge in [-0.05, 0) is 6.42 Å².